The van der Waals surface area contributed by atoms with Crippen molar-refractivity contribution in [2.45, 2.75) is 27.7 Å². The van der Waals surface area contributed by atoms with Gasteiger partial charge in [0, 0.05) is 17.8 Å². The Bertz CT molecular complexity index is 374. The van der Waals surface area contributed by atoms with E-state index in [1.165, 1.54) is 0 Å². The van der Waals surface area contributed by atoms with E-state index in [1.807, 2.05) is 0 Å². The van der Waals surface area contributed by atoms with E-state index in [9.17, 15) is 4.79 Å². The molecule has 0 radical (unpaired) electrons. The van der Waals surface area contributed by atoms with E-state index in [0.29, 0.717) is 29.0 Å². The van der Waals surface area contributed by atoms with Gasteiger partial charge >= 0.3 is 0 Å². The summed E-state index contributed by atoms with van der Waals surface area (Å²) >= 11 is 0. The van der Waals surface area contributed by atoms with Crippen LogP contribution in [0.4, 0.5) is 5.69 Å². The molecule has 18 heavy (non-hydrogen) atoms. The molecule has 3 nitrogen and oxygen atoms in total. The molecular formula is C15H24N2O. The van der Waals surface area contributed by atoms with Crippen molar-refractivity contribution in [3.05, 3.63) is 29.8 Å². The van der Waals surface area contributed by atoms with E-state index in [1.54, 1.807) is 24.3 Å². The maximum Gasteiger partial charge on any atom is 0.251 e. The number of anilines is 1. The number of benzene rings is 1. The molecule has 0 spiro atoms. The molecule has 1 aromatic carbocycles. The van der Waals surface area contributed by atoms with Crippen LogP contribution in [0.25, 0.3) is 0 Å². The van der Waals surface area contributed by atoms with Crippen LogP contribution in [0.3, 0.4) is 0 Å². The lowest BCUT2D eigenvalue weighted by atomic mass is 9.85. The van der Waals surface area contributed by atoms with Gasteiger partial charge in [0.15, 0.2) is 0 Å². The molecular weight excluding hydrogens is 224 g/mol. The van der Waals surface area contributed by atoms with Gasteiger partial charge in [0.05, 0.1) is 0 Å². The Labute approximate surface area is 110 Å². The molecule has 100 valence electrons. The Morgan fingerprint density at radius 3 is 2.06 bits per heavy atom. The summed E-state index contributed by atoms with van der Waals surface area (Å²) < 4.78 is 0. The summed E-state index contributed by atoms with van der Waals surface area (Å²) in [5, 5.41) is 3.00. The largest absolute Gasteiger partial charge is 0.399 e. The number of hydrogen-bond donors (Lipinski definition) is 2. The molecule has 0 atom stereocenters. The van der Waals surface area contributed by atoms with Crippen molar-refractivity contribution >= 4 is 11.6 Å². The van der Waals surface area contributed by atoms with Gasteiger partial charge in [-0.25, -0.2) is 0 Å². The molecule has 0 saturated carbocycles. The fourth-order valence-electron chi connectivity index (χ4n) is 2.19. The summed E-state index contributed by atoms with van der Waals surface area (Å²) in [5.41, 5.74) is 6.93. The second kappa shape index (κ2) is 6.43. The highest BCUT2D eigenvalue weighted by Crippen LogP contribution is 2.19. The van der Waals surface area contributed by atoms with Gasteiger partial charge in [0.25, 0.3) is 5.91 Å². The number of carbonyl (C=O) groups excluding carboxylic acids is 1. The monoisotopic (exact) mass is 248 g/mol. The summed E-state index contributed by atoms with van der Waals surface area (Å²) in [6.45, 7) is 9.50. The molecule has 1 amide bonds. The van der Waals surface area contributed by atoms with Crippen LogP contribution in [0.1, 0.15) is 38.1 Å². The number of amides is 1. The van der Waals surface area contributed by atoms with Crippen molar-refractivity contribution in [1.29, 1.82) is 0 Å². The minimum Gasteiger partial charge on any atom is -0.399 e. The second-order valence-corrected chi connectivity index (χ2v) is 5.48. The van der Waals surface area contributed by atoms with E-state index in [2.05, 4.69) is 33.0 Å². The van der Waals surface area contributed by atoms with Gasteiger partial charge in [-0.05, 0) is 42.0 Å². The number of nitrogens with two attached hydrogens (primary N) is 1. The summed E-state index contributed by atoms with van der Waals surface area (Å²) in [6.07, 6.45) is 0. The first-order valence-electron chi connectivity index (χ1n) is 6.55. The number of nitrogens with one attached hydrogen (secondary N) is 1. The zero-order chi connectivity index (χ0) is 13.7. The summed E-state index contributed by atoms with van der Waals surface area (Å²) in [6, 6.07) is 7.00. The van der Waals surface area contributed by atoms with Crippen LogP contribution in [0.5, 0.6) is 0 Å². The number of nitrogen functional groups attached to an aromatic ring is 1. The molecule has 0 bridgehead atoms. The average Bonchev–Trinajstić information content (AvgIpc) is 2.28. The Hall–Kier alpha value is -1.51. The minimum atomic E-state index is -0.0266. The molecule has 3 heteroatoms. The molecule has 0 saturated heterocycles. The van der Waals surface area contributed by atoms with Crippen LogP contribution in [0.2, 0.25) is 0 Å². The quantitative estimate of drug-likeness (QED) is 0.787. The van der Waals surface area contributed by atoms with Crippen molar-refractivity contribution in [1.82, 2.24) is 5.32 Å². The van der Waals surface area contributed by atoms with Gasteiger partial charge in [-0.1, -0.05) is 27.7 Å². The molecule has 0 aliphatic carbocycles. The number of hydrogen-bond acceptors (Lipinski definition) is 2. The van der Waals surface area contributed by atoms with E-state index >= 15 is 0 Å². The highest BCUT2D eigenvalue weighted by Gasteiger charge is 2.18. The predicted molar refractivity (Wildman–Crippen MR) is 76.4 cm³/mol. The molecule has 1 aromatic rings. The van der Waals surface area contributed by atoms with Gasteiger partial charge in [-0.15, -0.1) is 0 Å². The molecule has 1 rings (SSSR count). The van der Waals surface area contributed by atoms with Crippen molar-refractivity contribution in [3.63, 3.8) is 0 Å². The second-order valence-electron chi connectivity index (χ2n) is 5.48. The number of rotatable bonds is 5. The normalized spacial score (nSPS) is 11.3. The maximum atomic E-state index is 12.0. The van der Waals surface area contributed by atoms with Crippen LogP contribution < -0.4 is 11.1 Å². The van der Waals surface area contributed by atoms with Crippen LogP contribution >= 0.6 is 0 Å². The van der Waals surface area contributed by atoms with E-state index < -0.39 is 0 Å². The molecule has 0 aromatic heterocycles. The van der Waals surface area contributed by atoms with Crippen LogP contribution in [0, 0.1) is 17.8 Å². The molecule has 0 unspecified atom stereocenters. The smallest absolute Gasteiger partial charge is 0.251 e. The summed E-state index contributed by atoms with van der Waals surface area (Å²) in [5.74, 6) is 1.61. The van der Waals surface area contributed by atoms with Crippen LogP contribution in [-0.4, -0.2) is 12.5 Å². The Morgan fingerprint density at radius 1 is 1.11 bits per heavy atom. The van der Waals surface area contributed by atoms with Crippen molar-refractivity contribution in [2.75, 3.05) is 12.3 Å². The highest BCUT2D eigenvalue weighted by molar-refractivity contribution is 5.94. The van der Waals surface area contributed by atoms with Crippen molar-refractivity contribution < 1.29 is 4.79 Å². The van der Waals surface area contributed by atoms with Crippen LogP contribution in [0.15, 0.2) is 24.3 Å². The van der Waals surface area contributed by atoms with Crippen molar-refractivity contribution in [2.24, 2.45) is 17.8 Å². The first kappa shape index (κ1) is 14.6. The third-order valence-corrected chi connectivity index (χ3v) is 3.38. The number of carbonyl (C=O) groups is 1. The predicted octanol–water partition coefficient (Wildman–Crippen LogP) is 2.93. The van der Waals surface area contributed by atoms with Gasteiger partial charge in [-0.2, -0.15) is 0 Å². The Kier molecular flexibility index (Phi) is 5.20. The third kappa shape index (κ3) is 4.06. The van der Waals surface area contributed by atoms with Crippen molar-refractivity contribution in [3.8, 4) is 0 Å². The lowest BCUT2D eigenvalue weighted by molar-refractivity contribution is 0.0937. The van der Waals surface area contributed by atoms with E-state index in [4.69, 9.17) is 5.73 Å². The van der Waals surface area contributed by atoms with Gasteiger partial charge < -0.3 is 11.1 Å². The highest BCUT2D eigenvalue weighted by atomic mass is 16.1. The van der Waals surface area contributed by atoms with Gasteiger partial charge in [-0.3, -0.25) is 4.79 Å². The Morgan fingerprint density at radius 2 is 1.61 bits per heavy atom. The molecule has 0 aliphatic heterocycles. The summed E-state index contributed by atoms with van der Waals surface area (Å²) in [4.78, 5) is 12.0. The van der Waals surface area contributed by atoms with Gasteiger partial charge in [0.1, 0.15) is 0 Å². The fraction of sp³-hybridized carbons (Fsp3) is 0.533. The molecule has 0 aliphatic rings. The third-order valence-electron chi connectivity index (χ3n) is 3.38. The lowest BCUT2D eigenvalue weighted by Crippen LogP contribution is -2.33. The minimum absolute atomic E-state index is 0.0266. The zero-order valence-electron chi connectivity index (χ0n) is 11.7. The SMILES string of the molecule is CC(C)C(CNC(=O)c1ccc(N)cc1)C(C)C. The summed E-state index contributed by atoms with van der Waals surface area (Å²) in [7, 11) is 0. The Balaban J connectivity index is 2.57. The van der Waals surface area contributed by atoms with Gasteiger partial charge in [0.2, 0.25) is 0 Å². The van der Waals surface area contributed by atoms with E-state index in [-0.39, 0.29) is 5.91 Å². The van der Waals surface area contributed by atoms with Crippen LogP contribution in [-0.2, 0) is 0 Å². The zero-order valence-corrected chi connectivity index (χ0v) is 11.7. The average molecular weight is 248 g/mol. The fourth-order valence-corrected chi connectivity index (χ4v) is 2.19. The topological polar surface area (TPSA) is 55.1 Å². The molecule has 0 fully saturated rings. The first-order valence-corrected chi connectivity index (χ1v) is 6.55. The standard InChI is InChI=1S/C15H24N2O/c1-10(2)14(11(3)4)9-17-15(18)12-5-7-13(16)8-6-12/h5-8,10-11,14H,9,16H2,1-4H3,(H,17,18). The molecule has 0 heterocycles. The molecule has 3 N–H and O–H groups in total. The maximum absolute atomic E-state index is 12.0. The lowest BCUT2D eigenvalue weighted by Gasteiger charge is -2.25. The van der Waals surface area contributed by atoms with E-state index in [0.717, 1.165) is 6.54 Å². The first-order chi connectivity index (χ1) is 8.41.